The summed E-state index contributed by atoms with van der Waals surface area (Å²) in [6.45, 7) is 0. The van der Waals surface area contributed by atoms with Crippen LogP contribution < -0.4 is 14.2 Å². The minimum Gasteiger partial charge on any atom is -0.493 e. The first-order chi connectivity index (χ1) is 16.1. The molecule has 0 atom stereocenters. The van der Waals surface area contributed by atoms with Gasteiger partial charge in [0.05, 0.1) is 10.7 Å². The lowest BCUT2D eigenvalue weighted by atomic mass is 10.1. The van der Waals surface area contributed by atoms with E-state index in [-0.39, 0.29) is 22.0 Å². The number of anilines is 1. The van der Waals surface area contributed by atoms with Gasteiger partial charge < -0.3 is 14.2 Å². The highest BCUT2D eigenvalue weighted by Gasteiger charge is 2.22. The minimum atomic E-state index is -4.16. The molecule has 0 radical (unpaired) electrons. The summed E-state index contributed by atoms with van der Waals surface area (Å²) in [6.07, 6.45) is 1.35. The second-order valence-electron chi connectivity index (χ2n) is 6.66. The van der Waals surface area contributed by atoms with Gasteiger partial charge in [-0.3, -0.25) is 4.79 Å². The van der Waals surface area contributed by atoms with Crippen molar-refractivity contribution in [3.63, 3.8) is 0 Å². The van der Waals surface area contributed by atoms with Gasteiger partial charge in [0, 0.05) is 15.7 Å². The third-order valence-electron chi connectivity index (χ3n) is 4.31. The van der Waals surface area contributed by atoms with Gasteiger partial charge in [-0.15, -0.1) is 0 Å². The number of benzene rings is 3. The van der Waals surface area contributed by atoms with Crippen molar-refractivity contribution < 1.29 is 22.1 Å². The molecule has 0 aliphatic carbocycles. The second kappa shape index (κ2) is 11.1. The van der Waals surface area contributed by atoms with E-state index in [9.17, 15) is 18.5 Å². The molecule has 1 amide bonds. The van der Waals surface area contributed by atoms with Crippen LogP contribution in [0.5, 0.6) is 11.5 Å². The molecule has 0 saturated heterocycles. The van der Waals surface area contributed by atoms with Gasteiger partial charge in [-0.05, 0) is 88.8 Å². The summed E-state index contributed by atoms with van der Waals surface area (Å²) in [4.78, 5) is 12.5. The molecule has 3 aromatic carbocycles. The van der Waals surface area contributed by atoms with Crippen molar-refractivity contribution in [1.82, 2.24) is 0 Å². The summed E-state index contributed by atoms with van der Waals surface area (Å²) < 4.78 is 36.4. The van der Waals surface area contributed by atoms with Crippen molar-refractivity contribution in [2.24, 2.45) is 0 Å². The Labute approximate surface area is 220 Å². The molecule has 3 aromatic rings. The van der Waals surface area contributed by atoms with Gasteiger partial charge in [-0.25, -0.2) is 0 Å². The quantitative estimate of drug-likeness (QED) is 0.151. The molecule has 0 bridgehead atoms. The van der Waals surface area contributed by atoms with Gasteiger partial charge in [-0.1, -0.05) is 29.3 Å². The van der Waals surface area contributed by atoms with Gasteiger partial charge >= 0.3 is 10.1 Å². The van der Waals surface area contributed by atoms with Crippen LogP contribution in [0.3, 0.4) is 0 Å². The molecule has 0 unspecified atom stereocenters. The monoisotopic (exact) mass is 628 g/mol. The van der Waals surface area contributed by atoms with Crippen LogP contribution in [0.1, 0.15) is 5.56 Å². The van der Waals surface area contributed by atoms with Crippen molar-refractivity contribution in [2.45, 2.75) is 4.90 Å². The molecular formula is C23H15Cl2IN2O5S. The third kappa shape index (κ3) is 6.42. The number of nitrogens with one attached hydrogen (secondary N) is 1. The molecular weight excluding hydrogens is 614 g/mol. The van der Waals surface area contributed by atoms with Crippen LogP contribution in [0, 0.1) is 14.9 Å². The Kier molecular flexibility index (Phi) is 8.43. The maximum absolute atomic E-state index is 12.7. The average molecular weight is 629 g/mol. The Morgan fingerprint density at radius 3 is 2.41 bits per heavy atom. The van der Waals surface area contributed by atoms with Gasteiger partial charge in [0.25, 0.3) is 5.91 Å². The number of ether oxygens (including phenoxy) is 1. The van der Waals surface area contributed by atoms with Crippen LogP contribution in [0.25, 0.3) is 6.08 Å². The summed E-state index contributed by atoms with van der Waals surface area (Å²) in [5, 5.41) is 12.9. The summed E-state index contributed by atoms with van der Waals surface area (Å²) in [6, 6.07) is 16.9. The van der Waals surface area contributed by atoms with Crippen LogP contribution in [-0.4, -0.2) is 21.4 Å². The molecule has 34 heavy (non-hydrogen) atoms. The highest BCUT2D eigenvalue weighted by molar-refractivity contribution is 14.1. The molecule has 0 aromatic heterocycles. The minimum absolute atomic E-state index is 0.0305. The number of rotatable bonds is 7. The van der Waals surface area contributed by atoms with E-state index in [0.29, 0.717) is 24.9 Å². The largest absolute Gasteiger partial charge is 0.493 e. The van der Waals surface area contributed by atoms with Gasteiger partial charge in [0.1, 0.15) is 16.5 Å². The van der Waals surface area contributed by atoms with E-state index in [0.717, 1.165) is 0 Å². The Morgan fingerprint density at radius 1 is 1.09 bits per heavy atom. The number of carbonyl (C=O) groups excluding carboxylic acids is 1. The topological polar surface area (TPSA) is 105 Å². The van der Waals surface area contributed by atoms with Crippen molar-refractivity contribution in [1.29, 1.82) is 5.26 Å². The first kappa shape index (κ1) is 25.8. The van der Waals surface area contributed by atoms with Crippen molar-refractivity contribution in [3.05, 3.63) is 85.4 Å². The van der Waals surface area contributed by atoms with E-state index >= 15 is 0 Å². The molecule has 0 saturated carbocycles. The predicted octanol–water partition coefficient (Wildman–Crippen LogP) is 5.92. The van der Waals surface area contributed by atoms with Crippen LogP contribution in [0.15, 0.2) is 71.1 Å². The maximum Gasteiger partial charge on any atom is 0.339 e. The average Bonchev–Trinajstić information content (AvgIpc) is 2.79. The van der Waals surface area contributed by atoms with Crippen LogP contribution in [0.4, 0.5) is 5.69 Å². The molecule has 1 N–H and O–H groups in total. The van der Waals surface area contributed by atoms with E-state index < -0.39 is 16.0 Å². The number of amides is 1. The van der Waals surface area contributed by atoms with E-state index in [1.54, 1.807) is 30.3 Å². The van der Waals surface area contributed by atoms with Gasteiger partial charge in [0.2, 0.25) is 0 Å². The molecule has 174 valence electrons. The Bertz CT molecular complexity index is 1420. The number of nitriles is 1. The number of carbonyl (C=O) groups is 1. The lowest BCUT2D eigenvalue weighted by Gasteiger charge is -2.14. The number of hydrogen-bond donors (Lipinski definition) is 1. The van der Waals surface area contributed by atoms with Crippen molar-refractivity contribution in [2.75, 3.05) is 12.4 Å². The van der Waals surface area contributed by atoms with E-state index in [4.69, 9.17) is 32.1 Å². The van der Waals surface area contributed by atoms with Crippen LogP contribution in [-0.2, 0) is 14.9 Å². The zero-order valence-corrected chi connectivity index (χ0v) is 21.9. The Hall–Kier alpha value is -2.78. The second-order valence-corrected chi connectivity index (χ2v) is 10.2. The molecule has 0 aliphatic rings. The fraction of sp³-hybridized carbons (Fsp3) is 0.0435. The van der Waals surface area contributed by atoms with Gasteiger partial charge in [-0.2, -0.15) is 13.7 Å². The fourth-order valence-electron chi connectivity index (χ4n) is 2.74. The summed E-state index contributed by atoms with van der Waals surface area (Å²) >= 11 is 13.6. The lowest BCUT2D eigenvalue weighted by Crippen LogP contribution is -2.13. The summed E-state index contributed by atoms with van der Waals surface area (Å²) in [5.74, 6) is -0.565. The molecule has 11 heteroatoms. The van der Waals surface area contributed by atoms with E-state index in [2.05, 4.69) is 5.32 Å². The number of hydrogen-bond acceptors (Lipinski definition) is 6. The molecule has 0 heterocycles. The third-order valence-corrected chi connectivity index (χ3v) is 6.83. The SMILES string of the molecule is COc1cc(/C=C(\C#N)C(=O)Nc2cccc(Cl)c2)cc(I)c1OS(=O)(=O)c1ccc(Cl)cc1. The first-order valence-corrected chi connectivity index (χ1v) is 12.6. The maximum atomic E-state index is 12.7. The summed E-state index contributed by atoms with van der Waals surface area (Å²) in [7, 11) is -2.82. The molecule has 0 fully saturated rings. The smallest absolute Gasteiger partial charge is 0.339 e. The number of halogens is 3. The van der Waals surface area contributed by atoms with Gasteiger partial charge in [0.15, 0.2) is 11.5 Å². The van der Waals surface area contributed by atoms with Crippen molar-refractivity contribution >= 4 is 73.6 Å². The molecule has 0 spiro atoms. The normalized spacial score (nSPS) is 11.4. The van der Waals surface area contributed by atoms with E-state index in [1.165, 1.54) is 43.5 Å². The predicted molar refractivity (Wildman–Crippen MR) is 139 cm³/mol. The number of nitrogens with zero attached hydrogens (tertiary/aromatic N) is 1. The first-order valence-electron chi connectivity index (χ1n) is 9.39. The van der Waals surface area contributed by atoms with Crippen LogP contribution >= 0.6 is 45.8 Å². The fourth-order valence-corrected chi connectivity index (χ4v) is 4.90. The highest BCUT2D eigenvalue weighted by Crippen LogP contribution is 2.36. The zero-order chi connectivity index (χ0) is 24.9. The lowest BCUT2D eigenvalue weighted by molar-refractivity contribution is -0.112. The highest BCUT2D eigenvalue weighted by atomic mass is 127. The van der Waals surface area contributed by atoms with E-state index in [1.807, 2.05) is 28.7 Å². The van der Waals surface area contributed by atoms with Crippen molar-refractivity contribution in [3.8, 4) is 17.6 Å². The number of methoxy groups -OCH3 is 1. The standard InChI is InChI=1S/C23H15Cl2IN2O5S/c1-32-21-11-14(9-15(13-27)23(29)28-18-4-2-3-17(25)12-18)10-20(26)22(21)33-34(30,31)19-7-5-16(24)6-8-19/h2-12H,1H3,(H,28,29)/b15-9+. The summed E-state index contributed by atoms with van der Waals surface area (Å²) in [5.41, 5.74) is 0.678. The molecule has 7 nitrogen and oxygen atoms in total. The zero-order valence-electron chi connectivity index (χ0n) is 17.4. The molecule has 0 aliphatic heterocycles. The Morgan fingerprint density at radius 2 is 1.79 bits per heavy atom. The Balaban J connectivity index is 1.91. The molecule has 3 rings (SSSR count). The van der Waals surface area contributed by atoms with Crippen LogP contribution in [0.2, 0.25) is 10.0 Å².